The standard InChI is InChI=1S/C6H5F4N3OS/c1-2-11-5(15-13-2)12-4(14)6(9,10)3(7)8/h3H,1H3,(H,11,12,13,14). The van der Waals surface area contributed by atoms with Crippen LogP contribution in [0.2, 0.25) is 0 Å². The maximum absolute atomic E-state index is 12.4. The summed E-state index contributed by atoms with van der Waals surface area (Å²) in [5.41, 5.74) is 0. The third kappa shape index (κ3) is 2.61. The molecule has 0 aliphatic rings. The topological polar surface area (TPSA) is 54.9 Å². The highest BCUT2D eigenvalue weighted by atomic mass is 32.1. The van der Waals surface area contributed by atoms with Crippen LogP contribution in [0.5, 0.6) is 0 Å². The monoisotopic (exact) mass is 243 g/mol. The van der Waals surface area contributed by atoms with E-state index in [9.17, 15) is 22.4 Å². The molecule has 0 bridgehead atoms. The molecule has 0 saturated carbocycles. The summed E-state index contributed by atoms with van der Waals surface area (Å²) in [6, 6.07) is 0. The molecule has 0 spiro atoms. The molecule has 0 fully saturated rings. The number of anilines is 1. The van der Waals surface area contributed by atoms with Gasteiger partial charge in [0.1, 0.15) is 5.82 Å². The van der Waals surface area contributed by atoms with Crippen LogP contribution in [0.15, 0.2) is 0 Å². The maximum atomic E-state index is 12.4. The average molecular weight is 243 g/mol. The highest BCUT2D eigenvalue weighted by Crippen LogP contribution is 2.25. The molecule has 1 N–H and O–H groups in total. The zero-order valence-electron chi connectivity index (χ0n) is 7.30. The van der Waals surface area contributed by atoms with Gasteiger partial charge in [0.05, 0.1) is 0 Å². The maximum Gasteiger partial charge on any atom is 0.383 e. The number of amides is 1. The fourth-order valence-electron chi connectivity index (χ4n) is 0.627. The minimum atomic E-state index is -4.72. The Morgan fingerprint density at radius 2 is 2.13 bits per heavy atom. The molecule has 1 rings (SSSR count). The van der Waals surface area contributed by atoms with E-state index in [0.717, 1.165) is 0 Å². The molecule has 1 aromatic heterocycles. The molecule has 1 amide bonds. The Kier molecular flexibility index (Phi) is 3.22. The van der Waals surface area contributed by atoms with Gasteiger partial charge in [-0.05, 0) is 6.92 Å². The van der Waals surface area contributed by atoms with Crippen molar-refractivity contribution in [3.05, 3.63) is 5.82 Å². The SMILES string of the molecule is Cc1nsc(NC(=O)C(F)(F)C(F)F)n1. The normalized spacial score (nSPS) is 11.9. The largest absolute Gasteiger partial charge is 0.383 e. The molecule has 1 aromatic rings. The van der Waals surface area contributed by atoms with Gasteiger partial charge in [0.15, 0.2) is 0 Å². The molecule has 4 nitrogen and oxygen atoms in total. The second-order valence-corrected chi connectivity index (χ2v) is 3.28. The van der Waals surface area contributed by atoms with Crippen molar-refractivity contribution >= 4 is 22.6 Å². The van der Waals surface area contributed by atoms with Crippen LogP contribution < -0.4 is 5.32 Å². The number of halogens is 4. The van der Waals surface area contributed by atoms with Gasteiger partial charge in [0.2, 0.25) is 5.13 Å². The van der Waals surface area contributed by atoms with E-state index in [2.05, 4.69) is 9.36 Å². The van der Waals surface area contributed by atoms with E-state index in [-0.39, 0.29) is 11.0 Å². The van der Waals surface area contributed by atoms with Crippen LogP contribution in [0, 0.1) is 6.92 Å². The van der Waals surface area contributed by atoms with E-state index in [4.69, 9.17) is 0 Å². The number of carbonyl (C=O) groups is 1. The second kappa shape index (κ2) is 4.09. The molecule has 0 atom stereocenters. The van der Waals surface area contributed by atoms with Crippen molar-refractivity contribution in [2.24, 2.45) is 0 Å². The summed E-state index contributed by atoms with van der Waals surface area (Å²) in [4.78, 5) is 14.2. The van der Waals surface area contributed by atoms with E-state index >= 15 is 0 Å². The van der Waals surface area contributed by atoms with Gasteiger partial charge in [0, 0.05) is 11.5 Å². The predicted octanol–water partition coefficient (Wildman–Crippen LogP) is 1.69. The Labute approximate surface area is 85.5 Å². The summed E-state index contributed by atoms with van der Waals surface area (Å²) in [6.07, 6.45) is -4.05. The number of aryl methyl sites for hydroxylation is 1. The summed E-state index contributed by atoms with van der Waals surface area (Å²) in [5.74, 6) is -6.55. The third-order valence-electron chi connectivity index (χ3n) is 1.32. The lowest BCUT2D eigenvalue weighted by molar-refractivity contribution is -0.163. The Morgan fingerprint density at radius 3 is 2.53 bits per heavy atom. The number of hydrogen-bond acceptors (Lipinski definition) is 4. The number of alkyl halides is 4. The van der Waals surface area contributed by atoms with E-state index in [1.165, 1.54) is 6.92 Å². The minimum absolute atomic E-state index is 0.238. The average Bonchev–Trinajstić information content (AvgIpc) is 2.50. The van der Waals surface area contributed by atoms with Crippen molar-refractivity contribution in [2.45, 2.75) is 19.3 Å². The summed E-state index contributed by atoms with van der Waals surface area (Å²) in [5, 5.41) is 1.32. The van der Waals surface area contributed by atoms with Crippen LogP contribution in [0.4, 0.5) is 22.7 Å². The van der Waals surface area contributed by atoms with Gasteiger partial charge in [0.25, 0.3) is 0 Å². The zero-order valence-corrected chi connectivity index (χ0v) is 8.12. The molecule has 0 aliphatic carbocycles. The molecule has 15 heavy (non-hydrogen) atoms. The van der Waals surface area contributed by atoms with Crippen LogP contribution in [0.3, 0.4) is 0 Å². The van der Waals surface area contributed by atoms with Gasteiger partial charge in [-0.3, -0.25) is 10.1 Å². The summed E-state index contributed by atoms with van der Waals surface area (Å²) in [6.45, 7) is 1.47. The third-order valence-corrected chi connectivity index (χ3v) is 2.05. The van der Waals surface area contributed by atoms with Crippen molar-refractivity contribution in [1.29, 1.82) is 0 Å². The summed E-state index contributed by atoms with van der Waals surface area (Å²) >= 11 is 0.634. The molecular weight excluding hydrogens is 238 g/mol. The van der Waals surface area contributed by atoms with Gasteiger partial charge in [-0.15, -0.1) is 0 Å². The summed E-state index contributed by atoms with van der Waals surface area (Å²) < 4.78 is 51.9. The molecule has 0 aromatic carbocycles. The highest BCUT2D eigenvalue weighted by molar-refractivity contribution is 7.09. The van der Waals surface area contributed by atoms with Gasteiger partial charge in [-0.2, -0.15) is 13.2 Å². The number of nitrogens with zero attached hydrogens (tertiary/aromatic N) is 2. The molecular formula is C6H5F4N3OS. The van der Waals surface area contributed by atoms with Gasteiger partial charge >= 0.3 is 18.3 Å². The number of nitrogens with one attached hydrogen (secondary N) is 1. The molecule has 0 aliphatic heterocycles. The van der Waals surface area contributed by atoms with E-state index in [1.807, 2.05) is 0 Å². The molecule has 0 saturated heterocycles. The fraction of sp³-hybridized carbons (Fsp3) is 0.500. The van der Waals surface area contributed by atoms with Crippen LogP contribution >= 0.6 is 11.5 Å². The number of carbonyl (C=O) groups excluding carboxylic acids is 1. The highest BCUT2D eigenvalue weighted by Gasteiger charge is 2.49. The van der Waals surface area contributed by atoms with Crippen LogP contribution in [-0.2, 0) is 4.79 Å². The van der Waals surface area contributed by atoms with Crippen molar-refractivity contribution in [1.82, 2.24) is 9.36 Å². The first-order chi connectivity index (χ1) is 6.84. The van der Waals surface area contributed by atoms with Crippen molar-refractivity contribution in [3.8, 4) is 0 Å². The van der Waals surface area contributed by atoms with Crippen LogP contribution in [0.1, 0.15) is 5.82 Å². The second-order valence-electron chi connectivity index (χ2n) is 2.52. The smallest absolute Gasteiger partial charge is 0.295 e. The molecule has 84 valence electrons. The number of rotatable bonds is 3. The first kappa shape index (κ1) is 11.8. The van der Waals surface area contributed by atoms with E-state index in [1.54, 1.807) is 5.32 Å². The number of aromatic nitrogens is 2. The van der Waals surface area contributed by atoms with Crippen molar-refractivity contribution in [3.63, 3.8) is 0 Å². The van der Waals surface area contributed by atoms with E-state index < -0.39 is 18.3 Å². The van der Waals surface area contributed by atoms with Gasteiger partial charge in [-0.1, -0.05) is 0 Å². The number of hydrogen-bond donors (Lipinski definition) is 1. The Balaban J connectivity index is 2.71. The van der Waals surface area contributed by atoms with Crippen molar-refractivity contribution in [2.75, 3.05) is 5.32 Å². The summed E-state index contributed by atoms with van der Waals surface area (Å²) in [7, 11) is 0. The minimum Gasteiger partial charge on any atom is -0.295 e. The molecule has 0 unspecified atom stereocenters. The predicted molar refractivity (Wildman–Crippen MR) is 44.2 cm³/mol. The first-order valence-corrected chi connectivity index (χ1v) is 4.39. The molecule has 9 heteroatoms. The van der Waals surface area contributed by atoms with Gasteiger partial charge in [-0.25, -0.2) is 13.8 Å². The lowest BCUT2D eigenvalue weighted by Crippen LogP contribution is -2.40. The lowest BCUT2D eigenvalue weighted by atomic mass is 10.3. The first-order valence-electron chi connectivity index (χ1n) is 3.61. The zero-order chi connectivity index (χ0) is 11.6. The Morgan fingerprint density at radius 1 is 1.53 bits per heavy atom. The molecule has 0 radical (unpaired) electrons. The fourth-order valence-corrected chi connectivity index (χ4v) is 1.20. The van der Waals surface area contributed by atoms with Crippen molar-refractivity contribution < 1.29 is 22.4 Å². The Hall–Kier alpha value is -1.25. The lowest BCUT2D eigenvalue weighted by Gasteiger charge is -2.12. The molecule has 1 heterocycles. The quantitative estimate of drug-likeness (QED) is 0.822. The van der Waals surface area contributed by atoms with Gasteiger partial charge < -0.3 is 0 Å². The van der Waals surface area contributed by atoms with E-state index in [0.29, 0.717) is 11.5 Å². The van der Waals surface area contributed by atoms with Crippen LogP contribution in [-0.4, -0.2) is 27.6 Å². The Bertz CT molecular complexity index is 367. The van der Waals surface area contributed by atoms with Crippen LogP contribution in [0.25, 0.3) is 0 Å².